The van der Waals surface area contributed by atoms with Gasteiger partial charge in [0.05, 0.1) is 0 Å². The predicted octanol–water partition coefficient (Wildman–Crippen LogP) is 4.65. The first-order valence-electron chi connectivity index (χ1n) is 5.46. The summed E-state index contributed by atoms with van der Waals surface area (Å²) in [7, 11) is 0. The van der Waals surface area contributed by atoms with E-state index in [-0.39, 0.29) is 0 Å². The number of rotatable bonds is 1. The molecular weight excluding hydrogens is 168 g/mol. The summed E-state index contributed by atoms with van der Waals surface area (Å²) in [5, 5.41) is 0. The normalized spacial score (nSPS) is 23.2. The molecule has 1 rings (SSSR count). The van der Waals surface area contributed by atoms with Crippen molar-refractivity contribution >= 4 is 0 Å². The molecule has 0 atom stereocenters. The molecule has 0 aromatic carbocycles. The first-order chi connectivity index (χ1) is 6.43. The molecule has 0 aliphatic heterocycles. The highest BCUT2D eigenvalue weighted by Gasteiger charge is 2.25. The first kappa shape index (κ1) is 11.3. The largest absolute Gasteiger partial charge is 0.0813 e. The Hall–Kier alpha value is -0.780. The van der Waals surface area contributed by atoms with E-state index in [0.29, 0.717) is 5.41 Å². The second kappa shape index (κ2) is 4.16. The molecule has 0 saturated carbocycles. The molecule has 0 heteroatoms. The van der Waals surface area contributed by atoms with Gasteiger partial charge in [-0.25, -0.2) is 0 Å². The van der Waals surface area contributed by atoms with Crippen LogP contribution in [-0.4, -0.2) is 0 Å². The Morgan fingerprint density at radius 1 is 1.36 bits per heavy atom. The number of allylic oxidation sites excluding steroid dienone is 6. The standard InChI is InChI=1S/C14H22/c1-11(2)8-9-13-12(3)7-6-10-14(13,4)5/h7-9H,6,10H2,1-5H3/b13-9+. The third-order valence-electron chi connectivity index (χ3n) is 2.96. The Labute approximate surface area is 88.4 Å². The van der Waals surface area contributed by atoms with E-state index in [2.05, 4.69) is 52.8 Å². The fourth-order valence-electron chi connectivity index (χ4n) is 2.03. The van der Waals surface area contributed by atoms with Gasteiger partial charge in [-0.05, 0) is 44.6 Å². The smallest absolute Gasteiger partial charge is 0.00981 e. The van der Waals surface area contributed by atoms with Gasteiger partial charge in [-0.2, -0.15) is 0 Å². The molecule has 0 aromatic rings. The zero-order valence-electron chi connectivity index (χ0n) is 10.1. The van der Waals surface area contributed by atoms with Crippen molar-refractivity contribution in [3.63, 3.8) is 0 Å². The zero-order valence-corrected chi connectivity index (χ0v) is 10.1. The molecule has 0 saturated heterocycles. The third kappa shape index (κ3) is 2.60. The van der Waals surface area contributed by atoms with Crippen molar-refractivity contribution in [2.24, 2.45) is 5.41 Å². The molecule has 0 N–H and O–H groups in total. The average molecular weight is 190 g/mol. The number of hydrogen-bond donors (Lipinski definition) is 0. The topological polar surface area (TPSA) is 0 Å². The lowest BCUT2D eigenvalue weighted by Crippen LogP contribution is -2.18. The number of hydrogen-bond acceptors (Lipinski definition) is 0. The van der Waals surface area contributed by atoms with Crippen molar-refractivity contribution in [2.75, 3.05) is 0 Å². The summed E-state index contributed by atoms with van der Waals surface area (Å²) in [6, 6.07) is 0. The molecule has 0 heterocycles. The quantitative estimate of drug-likeness (QED) is 0.565. The minimum absolute atomic E-state index is 0.352. The highest BCUT2D eigenvalue weighted by Crippen LogP contribution is 2.40. The zero-order chi connectivity index (χ0) is 10.8. The van der Waals surface area contributed by atoms with Crippen LogP contribution in [0.15, 0.2) is 34.9 Å². The Kier molecular flexibility index (Phi) is 3.36. The first-order valence-corrected chi connectivity index (χ1v) is 5.46. The summed E-state index contributed by atoms with van der Waals surface area (Å²) in [4.78, 5) is 0. The van der Waals surface area contributed by atoms with Gasteiger partial charge in [-0.1, -0.05) is 43.2 Å². The Morgan fingerprint density at radius 3 is 2.50 bits per heavy atom. The van der Waals surface area contributed by atoms with Crippen LogP contribution in [0, 0.1) is 5.41 Å². The van der Waals surface area contributed by atoms with E-state index in [1.54, 1.807) is 0 Å². The van der Waals surface area contributed by atoms with Gasteiger partial charge in [0.1, 0.15) is 0 Å². The van der Waals surface area contributed by atoms with E-state index >= 15 is 0 Å². The lowest BCUT2D eigenvalue weighted by molar-refractivity contribution is 0.404. The molecule has 0 nitrogen and oxygen atoms in total. The van der Waals surface area contributed by atoms with Crippen LogP contribution in [0.1, 0.15) is 47.5 Å². The van der Waals surface area contributed by atoms with Crippen LogP contribution in [0.4, 0.5) is 0 Å². The molecule has 14 heavy (non-hydrogen) atoms. The van der Waals surface area contributed by atoms with Crippen molar-refractivity contribution in [3.8, 4) is 0 Å². The van der Waals surface area contributed by atoms with E-state index in [1.165, 1.54) is 29.6 Å². The van der Waals surface area contributed by atoms with Crippen LogP contribution in [0.2, 0.25) is 0 Å². The maximum Gasteiger partial charge on any atom is -0.00981 e. The summed E-state index contributed by atoms with van der Waals surface area (Å²) in [5.41, 5.74) is 4.68. The van der Waals surface area contributed by atoms with Crippen molar-refractivity contribution in [2.45, 2.75) is 47.5 Å². The summed E-state index contributed by atoms with van der Waals surface area (Å²) >= 11 is 0. The van der Waals surface area contributed by atoms with Crippen LogP contribution in [-0.2, 0) is 0 Å². The van der Waals surface area contributed by atoms with Gasteiger partial charge in [0.25, 0.3) is 0 Å². The summed E-state index contributed by atoms with van der Waals surface area (Å²) in [5.74, 6) is 0. The van der Waals surface area contributed by atoms with Crippen LogP contribution in [0.3, 0.4) is 0 Å². The summed E-state index contributed by atoms with van der Waals surface area (Å²) < 4.78 is 0. The van der Waals surface area contributed by atoms with Gasteiger partial charge < -0.3 is 0 Å². The SMILES string of the molecule is CC(C)=C/C=C1\C(C)=CCCC1(C)C. The van der Waals surface area contributed by atoms with Crippen molar-refractivity contribution in [1.82, 2.24) is 0 Å². The van der Waals surface area contributed by atoms with Crippen LogP contribution >= 0.6 is 0 Å². The Balaban J connectivity index is 3.03. The van der Waals surface area contributed by atoms with Gasteiger partial charge in [-0.15, -0.1) is 0 Å². The average Bonchev–Trinajstić information content (AvgIpc) is 2.01. The molecule has 0 bridgehead atoms. The second-order valence-electron chi connectivity index (χ2n) is 5.13. The maximum atomic E-state index is 2.36. The van der Waals surface area contributed by atoms with Gasteiger partial charge in [0, 0.05) is 0 Å². The monoisotopic (exact) mass is 190 g/mol. The molecule has 0 aromatic heterocycles. The minimum Gasteiger partial charge on any atom is -0.0813 e. The highest BCUT2D eigenvalue weighted by molar-refractivity contribution is 5.39. The lowest BCUT2D eigenvalue weighted by atomic mass is 9.73. The second-order valence-corrected chi connectivity index (χ2v) is 5.13. The predicted molar refractivity (Wildman–Crippen MR) is 64.3 cm³/mol. The van der Waals surface area contributed by atoms with E-state index in [4.69, 9.17) is 0 Å². The fourth-order valence-corrected chi connectivity index (χ4v) is 2.03. The minimum atomic E-state index is 0.352. The van der Waals surface area contributed by atoms with E-state index in [1.807, 2.05) is 0 Å². The van der Waals surface area contributed by atoms with Crippen LogP contribution < -0.4 is 0 Å². The van der Waals surface area contributed by atoms with E-state index in [9.17, 15) is 0 Å². The van der Waals surface area contributed by atoms with Crippen molar-refractivity contribution < 1.29 is 0 Å². The van der Waals surface area contributed by atoms with Gasteiger partial charge >= 0.3 is 0 Å². The third-order valence-corrected chi connectivity index (χ3v) is 2.96. The molecule has 0 fully saturated rings. The lowest BCUT2D eigenvalue weighted by Gasteiger charge is -2.32. The molecule has 0 radical (unpaired) electrons. The Bertz CT molecular complexity index is 294. The molecule has 78 valence electrons. The Morgan fingerprint density at radius 2 is 2.00 bits per heavy atom. The molecule has 0 amide bonds. The molecular formula is C14H22. The highest BCUT2D eigenvalue weighted by atomic mass is 14.3. The molecule has 1 aliphatic carbocycles. The van der Waals surface area contributed by atoms with E-state index in [0.717, 1.165) is 0 Å². The molecule has 0 spiro atoms. The van der Waals surface area contributed by atoms with Crippen molar-refractivity contribution in [3.05, 3.63) is 34.9 Å². The molecule has 0 unspecified atom stereocenters. The maximum absolute atomic E-state index is 2.36. The summed E-state index contributed by atoms with van der Waals surface area (Å²) in [6.45, 7) is 11.2. The van der Waals surface area contributed by atoms with E-state index < -0.39 is 0 Å². The summed E-state index contributed by atoms with van der Waals surface area (Å²) in [6.07, 6.45) is 9.37. The molecule has 1 aliphatic rings. The van der Waals surface area contributed by atoms with Gasteiger partial charge in [0.2, 0.25) is 0 Å². The van der Waals surface area contributed by atoms with Crippen LogP contribution in [0.5, 0.6) is 0 Å². The van der Waals surface area contributed by atoms with Crippen molar-refractivity contribution in [1.29, 1.82) is 0 Å². The van der Waals surface area contributed by atoms with Gasteiger partial charge in [0.15, 0.2) is 0 Å². The fraction of sp³-hybridized carbons (Fsp3) is 0.571. The van der Waals surface area contributed by atoms with Crippen LogP contribution in [0.25, 0.3) is 0 Å². The van der Waals surface area contributed by atoms with Gasteiger partial charge in [-0.3, -0.25) is 0 Å².